The Morgan fingerprint density at radius 1 is 1.38 bits per heavy atom. The standard InChI is InChI=1S/C12H24N2O2/c1-4-13-12(2,3)11(16)14-9-7-5-6-8-10(9)15/h9-10,13,15H,4-8H2,1-3H3,(H,14,16)/t9-,10-/m0/s1. The van der Waals surface area contributed by atoms with E-state index in [-0.39, 0.29) is 18.1 Å². The summed E-state index contributed by atoms with van der Waals surface area (Å²) < 4.78 is 0. The average Bonchev–Trinajstić information content (AvgIpc) is 2.21. The van der Waals surface area contributed by atoms with Crippen LogP contribution in [-0.4, -0.2) is 35.2 Å². The molecule has 0 aromatic rings. The Balaban J connectivity index is 2.49. The third-order valence-electron chi connectivity index (χ3n) is 3.23. The van der Waals surface area contributed by atoms with E-state index < -0.39 is 5.54 Å². The van der Waals surface area contributed by atoms with E-state index in [9.17, 15) is 9.90 Å². The first-order valence-electron chi connectivity index (χ1n) is 6.21. The minimum Gasteiger partial charge on any atom is -0.391 e. The average molecular weight is 228 g/mol. The van der Waals surface area contributed by atoms with Crippen LogP contribution in [0, 0.1) is 0 Å². The van der Waals surface area contributed by atoms with Gasteiger partial charge in [-0.3, -0.25) is 4.79 Å². The van der Waals surface area contributed by atoms with E-state index in [1.807, 2.05) is 20.8 Å². The lowest BCUT2D eigenvalue weighted by atomic mass is 9.91. The normalized spacial score (nSPS) is 26.5. The summed E-state index contributed by atoms with van der Waals surface area (Å²) in [7, 11) is 0. The number of rotatable bonds is 4. The molecule has 1 aliphatic rings. The summed E-state index contributed by atoms with van der Waals surface area (Å²) in [4.78, 5) is 12.0. The summed E-state index contributed by atoms with van der Waals surface area (Å²) in [6.07, 6.45) is 3.45. The third-order valence-corrected chi connectivity index (χ3v) is 3.23. The highest BCUT2D eigenvalue weighted by Gasteiger charge is 2.31. The maximum absolute atomic E-state index is 12.0. The highest BCUT2D eigenvalue weighted by molar-refractivity contribution is 5.85. The maximum atomic E-state index is 12.0. The second-order valence-corrected chi connectivity index (χ2v) is 5.09. The van der Waals surface area contributed by atoms with Gasteiger partial charge in [-0.25, -0.2) is 0 Å². The number of hydrogen-bond donors (Lipinski definition) is 3. The zero-order chi connectivity index (χ0) is 12.2. The predicted molar refractivity (Wildman–Crippen MR) is 64.2 cm³/mol. The van der Waals surface area contributed by atoms with Crippen molar-refractivity contribution in [1.82, 2.24) is 10.6 Å². The number of aliphatic hydroxyl groups excluding tert-OH is 1. The van der Waals surface area contributed by atoms with Crippen LogP contribution >= 0.6 is 0 Å². The lowest BCUT2D eigenvalue weighted by Gasteiger charge is -2.32. The van der Waals surface area contributed by atoms with Gasteiger partial charge in [0.25, 0.3) is 0 Å². The van der Waals surface area contributed by atoms with Gasteiger partial charge >= 0.3 is 0 Å². The second-order valence-electron chi connectivity index (χ2n) is 5.09. The minimum atomic E-state index is -0.564. The van der Waals surface area contributed by atoms with Gasteiger partial charge in [-0.15, -0.1) is 0 Å². The van der Waals surface area contributed by atoms with Crippen LogP contribution in [0.25, 0.3) is 0 Å². The molecule has 0 spiro atoms. The molecule has 4 heteroatoms. The highest BCUT2D eigenvalue weighted by Crippen LogP contribution is 2.19. The summed E-state index contributed by atoms with van der Waals surface area (Å²) in [5.41, 5.74) is -0.564. The molecule has 0 radical (unpaired) electrons. The molecular weight excluding hydrogens is 204 g/mol. The van der Waals surface area contributed by atoms with E-state index >= 15 is 0 Å². The molecule has 1 rings (SSSR count). The van der Waals surface area contributed by atoms with Gasteiger partial charge in [0.1, 0.15) is 0 Å². The Morgan fingerprint density at radius 2 is 2.00 bits per heavy atom. The zero-order valence-electron chi connectivity index (χ0n) is 10.5. The molecule has 4 nitrogen and oxygen atoms in total. The Kier molecular flexibility index (Phi) is 4.74. The van der Waals surface area contributed by atoms with Crippen molar-refractivity contribution in [1.29, 1.82) is 0 Å². The van der Waals surface area contributed by atoms with Crippen molar-refractivity contribution in [2.24, 2.45) is 0 Å². The Labute approximate surface area is 97.8 Å². The second kappa shape index (κ2) is 5.64. The van der Waals surface area contributed by atoms with Gasteiger partial charge in [-0.1, -0.05) is 19.8 Å². The van der Waals surface area contributed by atoms with E-state index in [0.717, 1.165) is 32.2 Å². The molecular formula is C12H24N2O2. The number of amides is 1. The van der Waals surface area contributed by atoms with Gasteiger partial charge < -0.3 is 15.7 Å². The minimum absolute atomic E-state index is 0.0275. The number of nitrogens with one attached hydrogen (secondary N) is 2. The van der Waals surface area contributed by atoms with Crippen molar-refractivity contribution in [2.75, 3.05) is 6.54 Å². The highest BCUT2D eigenvalue weighted by atomic mass is 16.3. The zero-order valence-corrected chi connectivity index (χ0v) is 10.5. The smallest absolute Gasteiger partial charge is 0.240 e. The van der Waals surface area contributed by atoms with Crippen LogP contribution in [0.3, 0.4) is 0 Å². The Hall–Kier alpha value is -0.610. The van der Waals surface area contributed by atoms with Gasteiger partial charge in [-0.2, -0.15) is 0 Å². The topological polar surface area (TPSA) is 61.4 Å². The Bertz CT molecular complexity index is 241. The van der Waals surface area contributed by atoms with E-state index in [2.05, 4.69) is 10.6 Å². The first-order valence-corrected chi connectivity index (χ1v) is 6.21. The number of likely N-dealkylation sites (N-methyl/N-ethyl adjacent to an activating group) is 1. The molecule has 0 aliphatic heterocycles. The molecule has 1 aliphatic carbocycles. The molecule has 1 amide bonds. The van der Waals surface area contributed by atoms with Crippen LogP contribution in [-0.2, 0) is 4.79 Å². The lowest BCUT2D eigenvalue weighted by molar-refractivity contribution is -0.128. The summed E-state index contributed by atoms with van der Waals surface area (Å²) in [5.74, 6) is -0.0275. The van der Waals surface area contributed by atoms with E-state index in [1.165, 1.54) is 0 Å². The van der Waals surface area contributed by atoms with Crippen molar-refractivity contribution < 1.29 is 9.90 Å². The fourth-order valence-electron chi connectivity index (χ4n) is 2.15. The molecule has 1 fully saturated rings. The fraction of sp³-hybridized carbons (Fsp3) is 0.917. The molecule has 3 N–H and O–H groups in total. The van der Waals surface area contributed by atoms with Crippen molar-refractivity contribution in [2.45, 2.75) is 64.1 Å². The van der Waals surface area contributed by atoms with Crippen LogP contribution in [0.1, 0.15) is 46.5 Å². The molecule has 94 valence electrons. The van der Waals surface area contributed by atoms with Gasteiger partial charge in [0, 0.05) is 0 Å². The SMILES string of the molecule is CCNC(C)(C)C(=O)N[C@H]1CCCC[C@@H]1O. The lowest BCUT2D eigenvalue weighted by Crippen LogP contribution is -2.57. The molecule has 0 aromatic heterocycles. The van der Waals surface area contributed by atoms with Crippen LogP contribution < -0.4 is 10.6 Å². The summed E-state index contributed by atoms with van der Waals surface area (Å²) in [6, 6.07) is -0.0702. The molecule has 0 bridgehead atoms. The summed E-state index contributed by atoms with van der Waals surface area (Å²) in [6.45, 7) is 6.46. The largest absolute Gasteiger partial charge is 0.391 e. The fourth-order valence-corrected chi connectivity index (χ4v) is 2.15. The summed E-state index contributed by atoms with van der Waals surface area (Å²) in [5, 5.41) is 15.9. The number of carbonyl (C=O) groups is 1. The molecule has 2 atom stereocenters. The molecule has 16 heavy (non-hydrogen) atoms. The predicted octanol–water partition coefficient (Wildman–Crippen LogP) is 0.794. The van der Waals surface area contributed by atoms with Crippen molar-refractivity contribution in [3.05, 3.63) is 0 Å². The number of aliphatic hydroxyl groups is 1. The van der Waals surface area contributed by atoms with Crippen LogP contribution in [0.2, 0.25) is 0 Å². The van der Waals surface area contributed by atoms with Crippen LogP contribution in [0.15, 0.2) is 0 Å². The summed E-state index contributed by atoms with van der Waals surface area (Å²) >= 11 is 0. The van der Waals surface area contributed by atoms with Crippen molar-refractivity contribution >= 4 is 5.91 Å². The van der Waals surface area contributed by atoms with Gasteiger partial charge in [0.05, 0.1) is 17.7 Å². The quantitative estimate of drug-likeness (QED) is 0.667. The van der Waals surface area contributed by atoms with Gasteiger partial charge in [0.15, 0.2) is 0 Å². The van der Waals surface area contributed by atoms with E-state index in [4.69, 9.17) is 0 Å². The number of hydrogen-bond acceptors (Lipinski definition) is 3. The van der Waals surface area contributed by atoms with E-state index in [0.29, 0.717) is 0 Å². The van der Waals surface area contributed by atoms with Crippen molar-refractivity contribution in [3.63, 3.8) is 0 Å². The maximum Gasteiger partial charge on any atom is 0.240 e. The van der Waals surface area contributed by atoms with Crippen molar-refractivity contribution in [3.8, 4) is 0 Å². The van der Waals surface area contributed by atoms with Gasteiger partial charge in [-0.05, 0) is 33.2 Å². The monoisotopic (exact) mass is 228 g/mol. The first-order chi connectivity index (χ1) is 7.47. The molecule has 0 heterocycles. The molecule has 0 saturated heterocycles. The first kappa shape index (κ1) is 13.5. The number of carbonyl (C=O) groups excluding carboxylic acids is 1. The third kappa shape index (κ3) is 3.46. The molecule has 1 saturated carbocycles. The molecule has 0 aromatic carbocycles. The van der Waals surface area contributed by atoms with Crippen LogP contribution in [0.4, 0.5) is 0 Å². The van der Waals surface area contributed by atoms with Crippen LogP contribution in [0.5, 0.6) is 0 Å². The van der Waals surface area contributed by atoms with Gasteiger partial charge in [0.2, 0.25) is 5.91 Å². The Morgan fingerprint density at radius 3 is 2.56 bits per heavy atom. The van der Waals surface area contributed by atoms with E-state index in [1.54, 1.807) is 0 Å². The molecule has 0 unspecified atom stereocenters.